The molecule has 0 aliphatic heterocycles. The summed E-state index contributed by atoms with van der Waals surface area (Å²) >= 11 is 6.70. The van der Waals surface area contributed by atoms with Crippen LogP contribution >= 0.6 is 24.0 Å². The molecule has 4 nitrogen and oxygen atoms in total. The maximum atomic E-state index is 13.8. The van der Waals surface area contributed by atoms with Crippen molar-refractivity contribution < 1.29 is 9.18 Å². The Labute approximate surface area is 148 Å². The van der Waals surface area contributed by atoms with Gasteiger partial charge in [0.25, 0.3) is 5.91 Å². The topological polar surface area (TPSA) is 51.9 Å². The fourth-order valence-corrected chi connectivity index (χ4v) is 3.18. The number of halogens is 1. The second kappa shape index (κ2) is 6.78. The number of thioether (sulfide) groups is 1. The van der Waals surface area contributed by atoms with E-state index < -0.39 is 5.82 Å². The Hall–Kier alpha value is -2.12. The smallest absolute Gasteiger partial charge is 0.256 e. The highest BCUT2D eigenvalue weighted by molar-refractivity contribution is 7.98. The van der Waals surface area contributed by atoms with Crippen molar-refractivity contribution >= 4 is 40.9 Å². The lowest BCUT2D eigenvalue weighted by Gasteiger charge is -2.18. The van der Waals surface area contributed by atoms with Crippen molar-refractivity contribution in [3.8, 4) is 0 Å². The first kappa shape index (κ1) is 16.7. The summed E-state index contributed by atoms with van der Waals surface area (Å²) in [6.07, 6.45) is 2.01. The lowest BCUT2D eigenvalue weighted by atomic mass is 10.1. The zero-order valence-electron chi connectivity index (χ0n) is 13.2. The number of benzene rings is 2. The summed E-state index contributed by atoms with van der Waals surface area (Å²) in [5.41, 5.74) is 2.29. The van der Waals surface area contributed by atoms with E-state index in [1.54, 1.807) is 23.7 Å². The van der Waals surface area contributed by atoms with Crippen LogP contribution in [0.25, 0.3) is 11.0 Å². The van der Waals surface area contributed by atoms with Gasteiger partial charge in [0.15, 0.2) is 4.77 Å². The van der Waals surface area contributed by atoms with Crippen LogP contribution in [-0.2, 0) is 6.54 Å². The Morgan fingerprint density at radius 3 is 2.62 bits per heavy atom. The van der Waals surface area contributed by atoms with Gasteiger partial charge < -0.3 is 14.9 Å². The Balaban J connectivity index is 1.89. The maximum absolute atomic E-state index is 13.8. The molecule has 24 heavy (non-hydrogen) atoms. The van der Waals surface area contributed by atoms with Gasteiger partial charge in [-0.2, -0.15) is 0 Å². The second-order valence-electron chi connectivity index (χ2n) is 5.46. The van der Waals surface area contributed by atoms with E-state index in [-0.39, 0.29) is 11.5 Å². The monoisotopic (exact) mass is 361 g/mol. The third kappa shape index (κ3) is 3.37. The van der Waals surface area contributed by atoms with Crippen molar-refractivity contribution in [2.45, 2.75) is 11.4 Å². The molecule has 1 heterocycles. The van der Waals surface area contributed by atoms with Gasteiger partial charge in [-0.3, -0.25) is 4.79 Å². The summed E-state index contributed by atoms with van der Waals surface area (Å²) in [5.74, 6) is -0.743. The molecular formula is C17H16FN3OS2. The number of carbonyl (C=O) groups excluding carboxylic acids is 1. The molecule has 1 aromatic heterocycles. The number of rotatable bonds is 4. The molecule has 7 heteroatoms. The maximum Gasteiger partial charge on any atom is 0.256 e. The molecule has 0 saturated heterocycles. The van der Waals surface area contributed by atoms with E-state index in [0.717, 1.165) is 5.56 Å². The lowest BCUT2D eigenvalue weighted by Crippen LogP contribution is -2.26. The molecule has 0 unspecified atom stereocenters. The van der Waals surface area contributed by atoms with Crippen molar-refractivity contribution in [2.75, 3.05) is 13.3 Å². The number of amides is 1. The zero-order valence-corrected chi connectivity index (χ0v) is 14.9. The SMILES string of the molecule is CSc1ccc(CN(C)C(=O)c2cc(F)cc3[nH]c(=S)[nH]c23)cc1. The Kier molecular flexibility index (Phi) is 4.73. The number of fused-ring (bicyclic) bond motifs is 1. The van der Waals surface area contributed by atoms with Crippen LogP contribution in [0.3, 0.4) is 0 Å². The van der Waals surface area contributed by atoms with Gasteiger partial charge in [0, 0.05) is 18.5 Å². The standard InChI is InChI=1S/C17H16FN3OS2/c1-21(9-10-3-5-12(24-2)6-4-10)16(22)13-7-11(18)8-14-15(13)20-17(23)19-14/h3-8H,9H2,1-2H3,(H2,19,20,23). The first-order valence-electron chi connectivity index (χ1n) is 7.28. The zero-order chi connectivity index (χ0) is 17.3. The van der Waals surface area contributed by atoms with E-state index in [9.17, 15) is 9.18 Å². The van der Waals surface area contributed by atoms with Gasteiger partial charge in [0.05, 0.1) is 16.6 Å². The highest BCUT2D eigenvalue weighted by atomic mass is 32.2. The molecule has 124 valence electrons. The first-order chi connectivity index (χ1) is 11.5. The molecule has 0 fully saturated rings. The molecular weight excluding hydrogens is 345 g/mol. The Morgan fingerprint density at radius 2 is 1.96 bits per heavy atom. The molecule has 0 radical (unpaired) electrons. The van der Waals surface area contributed by atoms with Crippen molar-refractivity contribution in [1.82, 2.24) is 14.9 Å². The van der Waals surface area contributed by atoms with Crippen LogP contribution in [-0.4, -0.2) is 34.1 Å². The average Bonchev–Trinajstić information content (AvgIpc) is 2.94. The number of hydrogen-bond donors (Lipinski definition) is 2. The molecule has 0 spiro atoms. The van der Waals surface area contributed by atoms with Gasteiger partial charge in [-0.1, -0.05) is 12.1 Å². The molecule has 1 amide bonds. The van der Waals surface area contributed by atoms with Gasteiger partial charge in [-0.15, -0.1) is 11.8 Å². The molecule has 2 N–H and O–H groups in total. The van der Waals surface area contributed by atoms with Crippen LogP contribution in [0.15, 0.2) is 41.3 Å². The largest absolute Gasteiger partial charge is 0.337 e. The number of nitrogens with one attached hydrogen (secondary N) is 2. The number of carbonyl (C=O) groups is 1. The minimum atomic E-state index is -0.478. The van der Waals surface area contributed by atoms with Crippen LogP contribution < -0.4 is 0 Å². The third-order valence-electron chi connectivity index (χ3n) is 3.75. The molecule has 3 aromatic rings. The summed E-state index contributed by atoms with van der Waals surface area (Å²) in [5, 5.41) is 0. The molecule has 2 aromatic carbocycles. The number of imidazole rings is 1. The molecule has 0 aliphatic rings. The van der Waals surface area contributed by atoms with Crippen molar-refractivity contribution in [3.05, 3.63) is 58.1 Å². The van der Waals surface area contributed by atoms with Crippen LogP contribution in [0.2, 0.25) is 0 Å². The summed E-state index contributed by atoms with van der Waals surface area (Å²) in [6, 6.07) is 10.6. The van der Waals surface area contributed by atoms with Gasteiger partial charge in [-0.25, -0.2) is 4.39 Å². The molecule has 0 aliphatic carbocycles. The first-order valence-corrected chi connectivity index (χ1v) is 8.91. The predicted molar refractivity (Wildman–Crippen MR) is 97.5 cm³/mol. The highest BCUT2D eigenvalue weighted by Gasteiger charge is 2.18. The lowest BCUT2D eigenvalue weighted by molar-refractivity contribution is 0.0786. The minimum Gasteiger partial charge on any atom is -0.337 e. The number of nitrogens with zero attached hydrogens (tertiary/aromatic N) is 1. The van der Waals surface area contributed by atoms with E-state index in [0.29, 0.717) is 22.3 Å². The summed E-state index contributed by atoms with van der Waals surface area (Å²) in [6.45, 7) is 0.441. The number of H-pyrrole nitrogens is 2. The van der Waals surface area contributed by atoms with E-state index in [4.69, 9.17) is 12.2 Å². The Morgan fingerprint density at radius 1 is 1.25 bits per heavy atom. The van der Waals surface area contributed by atoms with Crippen molar-refractivity contribution in [2.24, 2.45) is 0 Å². The van der Waals surface area contributed by atoms with Crippen LogP contribution in [0, 0.1) is 10.6 Å². The summed E-state index contributed by atoms with van der Waals surface area (Å²) < 4.78 is 14.2. The fraction of sp³-hybridized carbons (Fsp3) is 0.176. The minimum absolute atomic E-state index is 0.264. The van der Waals surface area contributed by atoms with Gasteiger partial charge in [0.2, 0.25) is 0 Å². The fourth-order valence-electron chi connectivity index (χ4n) is 2.56. The van der Waals surface area contributed by atoms with Crippen LogP contribution in [0.1, 0.15) is 15.9 Å². The third-order valence-corrected chi connectivity index (χ3v) is 4.69. The number of aromatic nitrogens is 2. The van der Waals surface area contributed by atoms with E-state index in [1.165, 1.54) is 17.0 Å². The van der Waals surface area contributed by atoms with Gasteiger partial charge in [0.1, 0.15) is 5.82 Å². The van der Waals surface area contributed by atoms with E-state index in [1.807, 2.05) is 30.5 Å². The second-order valence-corrected chi connectivity index (χ2v) is 6.75. The quantitative estimate of drug-likeness (QED) is 0.536. The average molecular weight is 361 g/mol. The molecule has 3 rings (SSSR count). The molecule has 0 saturated carbocycles. The predicted octanol–water partition coefficient (Wildman–Crippen LogP) is 4.36. The Bertz CT molecular complexity index is 947. The van der Waals surface area contributed by atoms with Gasteiger partial charge >= 0.3 is 0 Å². The summed E-state index contributed by atoms with van der Waals surface area (Å²) in [4.78, 5) is 21.2. The number of aromatic amines is 2. The van der Waals surface area contributed by atoms with Crippen LogP contribution in [0.5, 0.6) is 0 Å². The van der Waals surface area contributed by atoms with Crippen molar-refractivity contribution in [3.63, 3.8) is 0 Å². The highest BCUT2D eigenvalue weighted by Crippen LogP contribution is 2.21. The normalized spacial score (nSPS) is 11.0. The molecule has 0 atom stereocenters. The van der Waals surface area contributed by atoms with E-state index in [2.05, 4.69) is 9.97 Å². The van der Waals surface area contributed by atoms with E-state index >= 15 is 0 Å². The number of hydrogen-bond acceptors (Lipinski definition) is 3. The van der Waals surface area contributed by atoms with Crippen LogP contribution in [0.4, 0.5) is 4.39 Å². The van der Waals surface area contributed by atoms with Gasteiger partial charge in [-0.05, 0) is 48.3 Å². The van der Waals surface area contributed by atoms with Crippen molar-refractivity contribution in [1.29, 1.82) is 0 Å². The summed E-state index contributed by atoms with van der Waals surface area (Å²) in [7, 11) is 1.70. The molecule has 0 bridgehead atoms.